The average Bonchev–Trinajstić information content (AvgIpc) is 3.16. The SMILES string of the molecule is Nc1ncnc2[nH]cc(C(=O)c3cccc(NC(=O)Nc4c(Cl)cccc4Cl)c3)c12. The molecule has 150 valence electrons. The van der Waals surface area contributed by atoms with Gasteiger partial charge in [-0.2, -0.15) is 0 Å². The normalized spacial score (nSPS) is 10.7. The number of nitrogens with two attached hydrogens (primary N) is 1. The van der Waals surface area contributed by atoms with Gasteiger partial charge in [-0.15, -0.1) is 0 Å². The lowest BCUT2D eigenvalue weighted by Gasteiger charge is -2.11. The molecule has 0 spiro atoms. The van der Waals surface area contributed by atoms with Crippen molar-refractivity contribution in [3.8, 4) is 0 Å². The van der Waals surface area contributed by atoms with E-state index < -0.39 is 6.03 Å². The predicted molar refractivity (Wildman–Crippen MR) is 117 cm³/mol. The fourth-order valence-electron chi connectivity index (χ4n) is 2.95. The van der Waals surface area contributed by atoms with Crippen LogP contribution in [0, 0.1) is 0 Å². The number of aromatic nitrogens is 3. The number of fused-ring (bicyclic) bond motifs is 1. The summed E-state index contributed by atoms with van der Waals surface area (Å²) in [5.41, 5.74) is 7.76. The Hall–Kier alpha value is -3.62. The number of nitrogen functional groups attached to an aromatic ring is 1. The molecule has 0 saturated carbocycles. The first kappa shape index (κ1) is 19.7. The van der Waals surface area contributed by atoms with Crippen molar-refractivity contribution in [2.45, 2.75) is 0 Å². The summed E-state index contributed by atoms with van der Waals surface area (Å²) in [6, 6.07) is 10.8. The van der Waals surface area contributed by atoms with Crippen LogP contribution < -0.4 is 16.4 Å². The number of rotatable bonds is 4. The summed E-state index contributed by atoms with van der Waals surface area (Å²) in [5, 5.41) is 6.32. The van der Waals surface area contributed by atoms with E-state index in [0.29, 0.717) is 43.6 Å². The molecule has 0 unspecified atom stereocenters. The third-order valence-corrected chi connectivity index (χ3v) is 4.96. The maximum Gasteiger partial charge on any atom is 0.323 e. The quantitative estimate of drug-likeness (QED) is 0.341. The minimum atomic E-state index is -0.556. The topological polar surface area (TPSA) is 126 Å². The Morgan fingerprint density at radius 3 is 2.50 bits per heavy atom. The number of urea groups is 1. The number of amides is 2. The van der Waals surface area contributed by atoms with Gasteiger partial charge in [-0.25, -0.2) is 14.8 Å². The van der Waals surface area contributed by atoms with Gasteiger partial charge in [0.1, 0.15) is 17.8 Å². The van der Waals surface area contributed by atoms with Crippen LogP contribution in [-0.4, -0.2) is 26.8 Å². The van der Waals surface area contributed by atoms with Crippen molar-refractivity contribution < 1.29 is 9.59 Å². The van der Waals surface area contributed by atoms with Crippen molar-refractivity contribution in [2.75, 3.05) is 16.4 Å². The zero-order valence-corrected chi connectivity index (χ0v) is 16.8. The molecule has 0 aliphatic rings. The number of carbonyl (C=O) groups is 2. The molecule has 0 fully saturated rings. The van der Waals surface area contributed by atoms with Crippen LogP contribution in [0.1, 0.15) is 15.9 Å². The summed E-state index contributed by atoms with van der Waals surface area (Å²) < 4.78 is 0. The fourth-order valence-corrected chi connectivity index (χ4v) is 3.44. The lowest BCUT2D eigenvalue weighted by Crippen LogP contribution is -2.20. The molecule has 10 heteroatoms. The lowest BCUT2D eigenvalue weighted by molar-refractivity contribution is 0.104. The van der Waals surface area contributed by atoms with Gasteiger partial charge in [0.2, 0.25) is 0 Å². The summed E-state index contributed by atoms with van der Waals surface area (Å²) in [6.07, 6.45) is 2.85. The number of benzene rings is 2. The van der Waals surface area contributed by atoms with E-state index in [1.54, 1.807) is 42.5 Å². The molecule has 2 amide bonds. The summed E-state index contributed by atoms with van der Waals surface area (Å²) in [5.74, 6) is -0.0872. The molecule has 0 atom stereocenters. The molecular weight excluding hydrogens is 427 g/mol. The van der Waals surface area contributed by atoms with E-state index in [4.69, 9.17) is 28.9 Å². The van der Waals surface area contributed by atoms with Crippen LogP contribution in [0.3, 0.4) is 0 Å². The number of ketones is 1. The number of para-hydroxylation sites is 1. The number of aromatic amines is 1. The largest absolute Gasteiger partial charge is 0.383 e. The van der Waals surface area contributed by atoms with Crippen LogP contribution in [0.15, 0.2) is 55.0 Å². The van der Waals surface area contributed by atoms with Gasteiger partial charge in [-0.05, 0) is 24.3 Å². The van der Waals surface area contributed by atoms with Crippen molar-refractivity contribution in [2.24, 2.45) is 0 Å². The molecule has 0 radical (unpaired) electrons. The van der Waals surface area contributed by atoms with Crippen LogP contribution in [-0.2, 0) is 0 Å². The van der Waals surface area contributed by atoms with Crippen LogP contribution in [0.5, 0.6) is 0 Å². The minimum Gasteiger partial charge on any atom is -0.383 e. The molecule has 0 aliphatic heterocycles. The molecule has 5 N–H and O–H groups in total. The number of nitrogens with zero attached hydrogens (tertiary/aromatic N) is 2. The molecule has 2 heterocycles. The average molecular weight is 441 g/mol. The summed E-state index contributed by atoms with van der Waals surface area (Å²) >= 11 is 12.1. The van der Waals surface area contributed by atoms with Gasteiger partial charge in [0.05, 0.1) is 26.7 Å². The van der Waals surface area contributed by atoms with Gasteiger partial charge >= 0.3 is 6.03 Å². The number of halogens is 2. The number of H-pyrrole nitrogens is 1. The zero-order valence-electron chi connectivity index (χ0n) is 15.2. The summed E-state index contributed by atoms with van der Waals surface area (Å²) in [6.45, 7) is 0. The van der Waals surface area contributed by atoms with Crippen molar-refractivity contribution in [1.82, 2.24) is 15.0 Å². The Morgan fingerprint density at radius 1 is 1.00 bits per heavy atom. The van der Waals surface area contributed by atoms with Crippen molar-refractivity contribution in [3.63, 3.8) is 0 Å². The van der Waals surface area contributed by atoms with Crippen molar-refractivity contribution in [3.05, 3.63) is 76.2 Å². The first-order valence-electron chi connectivity index (χ1n) is 8.68. The highest BCUT2D eigenvalue weighted by atomic mass is 35.5. The monoisotopic (exact) mass is 440 g/mol. The van der Waals surface area contributed by atoms with Gasteiger partial charge in [0, 0.05) is 17.4 Å². The number of nitrogens with one attached hydrogen (secondary N) is 3. The summed E-state index contributed by atoms with van der Waals surface area (Å²) in [4.78, 5) is 36.3. The van der Waals surface area contributed by atoms with Gasteiger partial charge in [0.25, 0.3) is 0 Å². The van der Waals surface area contributed by atoms with E-state index in [1.807, 2.05) is 0 Å². The summed E-state index contributed by atoms with van der Waals surface area (Å²) in [7, 11) is 0. The standard InChI is InChI=1S/C20H14Cl2N6O2/c21-13-5-2-6-14(22)16(13)28-20(30)27-11-4-1-3-10(7-11)17(29)12-8-24-19-15(12)18(23)25-9-26-19/h1-9H,(H2,27,28,30)(H3,23,24,25,26). The third-order valence-electron chi connectivity index (χ3n) is 4.33. The second-order valence-electron chi connectivity index (χ2n) is 6.27. The molecule has 4 rings (SSSR count). The van der Waals surface area contributed by atoms with E-state index >= 15 is 0 Å². The third kappa shape index (κ3) is 3.78. The Kier molecular flexibility index (Phi) is 5.26. The maximum absolute atomic E-state index is 13.0. The highest BCUT2D eigenvalue weighted by molar-refractivity contribution is 6.39. The zero-order chi connectivity index (χ0) is 21.3. The molecule has 2 aromatic carbocycles. The maximum atomic E-state index is 13.0. The van der Waals surface area contributed by atoms with Gasteiger partial charge in [-0.1, -0.05) is 41.4 Å². The van der Waals surface area contributed by atoms with E-state index in [2.05, 4.69) is 25.6 Å². The van der Waals surface area contributed by atoms with E-state index in [1.165, 1.54) is 12.5 Å². The predicted octanol–water partition coefficient (Wildman–Crippen LogP) is 4.72. The fraction of sp³-hybridized carbons (Fsp3) is 0. The van der Waals surface area contributed by atoms with Gasteiger partial charge in [0.15, 0.2) is 5.78 Å². The molecular formula is C20H14Cl2N6O2. The second-order valence-corrected chi connectivity index (χ2v) is 7.08. The minimum absolute atomic E-state index is 0.204. The molecule has 0 aliphatic carbocycles. The molecule has 0 bridgehead atoms. The second kappa shape index (κ2) is 8.02. The first-order chi connectivity index (χ1) is 14.4. The molecule has 30 heavy (non-hydrogen) atoms. The molecule has 2 aromatic heterocycles. The molecule has 4 aromatic rings. The number of hydrogen-bond acceptors (Lipinski definition) is 5. The van der Waals surface area contributed by atoms with Crippen molar-refractivity contribution in [1.29, 1.82) is 0 Å². The van der Waals surface area contributed by atoms with Crippen molar-refractivity contribution >= 4 is 63.2 Å². The number of hydrogen-bond donors (Lipinski definition) is 4. The molecule has 8 nitrogen and oxygen atoms in total. The first-order valence-corrected chi connectivity index (χ1v) is 9.44. The smallest absolute Gasteiger partial charge is 0.323 e. The van der Waals surface area contributed by atoms with Crippen LogP contribution in [0.2, 0.25) is 10.0 Å². The number of anilines is 3. The highest BCUT2D eigenvalue weighted by Gasteiger charge is 2.18. The Labute approximate surface area is 180 Å². The molecule has 0 saturated heterocycles. The van der Waals surface area contributed by atoms with Crippen LogP contribution >= 0.6 is 23.2 Å². The van der Waals surface area contributed by atoms with E-state index in [9.17, 15) is 9.59 Å². The lowest BCUT2D eigenvalue weighted by atomic mass is 10.0. The Morgan fingerprint density at radius 2 is 1.73 bits per heavy atom. The van der Waals surface area contributed by atoms with Crippen LogP contribution in [0.25, 0.3) is 11.0 Å². The number of carbonyl (C=O) groups excluding carboxylic acids is 2. The van der Waals surface area contributed by atoms with Gasteiger partial charge < -0.3 is 21.4 Å². The van der Waals surface area contributed by atoms with Crippen LogP contribution in [0.4, 0.5) is 22.0 Å². The van der Waals surface area contributed by atoms with E-state index in [-0.39, 0.29) is 11.6 Å². The Bertz CT molecular complexity index is 1270. The highest BCUT2D eigenvalue weighted by Crippen LogP contribution is 2.30. The van der Waals surface area contributed by atoms with Gasteiger partial charge in [-0.3, -0.25) is 4.79 Å². The van der Waals surface area contributed by atoms with E-state index in [0.717, 1.165) is 0 Å². The Balaban J connectivity index is 1.57.